The first-order valence-electron chi connectivity index (χ1n) is 6.65. The smallest absolute Gasteiger partial charge is 0.321 e. The van der Waals surface area contributed by atoms with Gasteiger partial charge in [0.1, 0.15) is 11.6 Å². The van der Waals surface area contributed by atoms with Crippen LogP contribution in [-0.2, 0) is 4.79 Å². The quantitative estimate of drug-likeness (QED) is 0.733. The van der Waals surface area contributed by atoms with E-state index in [1.807, 2.05) is 48.5 Å². The Balaban J connectivity index is 1.92. The molecule has 0 bridgehead atoms. The van der Waals surface area contributed by atoms with Gasteiger partial charge in [0, 0.05) is 5.69 Å². The van der Waals surface area contributed by atoms with E-state index in [2.05, 4.69) is 10.2 Å². The van der Waals surface area contributed by atoms with E-state index in [-0.39, 0.29) is 0 Å². The lowest BCUT2D eigenvalue weighted by atomic mass is 10.1. The average molecular weight is 311 g/mol. The molecule has 0 saturated carbocycles. The van der Waals surface area contributed by atoms with Crippen molar-refractivity contribution in [2.75, 3.05) is 0 Å². The molecule has 0 amide bonds. The Morgan fingerprint density at radius 1 is 1.05 bits per heavy atom. The van der Waals surface area contributed by atoms with Crippen molar-refractivity contribution in [3.63, 3.8) is 0 Å². The highest BCUT2D eigenvalue weighted by Crippen LogP contribution is 2.35. The number of benzene rings is 2. The number of aliphatic carboxylic acids is 1. The van der Waals surface area contributed by atoms with Gasteiger partial charge in [-0.2, -0.15) is 0 Å². The number of carboxylic acids is 1. The van der Waals surface area contributed by atoms with E-state index in [0.29, 0.717) is 5.16 Å². The number of carbonyl (C=O) groups is 1. The molecule has 0 radical (unpaired) electrons. The zero-order valence-corrected chi connectivity index (χ0v) is 12.4. The molecule has 0 unspecified atom stereocenters. The lowest BCUT2D eigenvalue weighted by molar-refractivity contribution is -0.136. The Morgan fingerprint density at radius 2 is 1.68 bits per heavy atom. The van der Waals surface area contributed by atoms with Gasteiger partial charge in [0.25, 0.3) is 0 Å². The first-order chi connectivity index (χ1) is 10.8. The van der Waals surface area contributed by atoms with Gasteiger partial charge < -0.3 is 5.11 Å². The number of nitrogens with zero attached hydrogens (tertiary/aromatic N) is 3. The van der Waals surface area contributed by atoms with Gasteiger partial charge in [-0.15, -0.1) is 10.2 Å². The third-order valence-corrected chi connectivity index (χ3v) is 4.30. The molecule has 1 heterocycles. The summed E-state index contributed by atoms with van der Waals surface area (Å²) in [6.07, 6.45) is 1.58. The Bertz CT molecular complexity index is 759. The minimum Gasteiger partial charge on any atom is -0.480 e. The zero-order valence-electron chi connectivity index (χ0n) is 11.5. The molecule has 1 aromatic heterocycles. The predicted octanol–water partition coefficient (Wildman–Crippen LogP) is 3.19. The molecule has 0 aliphatic carbocycles. The maximum atomic E-state index is 11.6. The normalized spacial score (nSPS) is 12.0. The van der Waals surface area contributed by atoms with E-state index >= 15 is 0 Å². The van der Waals surface area contributed by atoms with Crippen molar-refractivity contribution in [2.24, 2.45) is 0 Å². The fourth-order valence-corrected chi connectivity index (χ4v) is 3.03. The summed E-state index contributed by atoms with van der Waals surface area (Å²) in [6.45, 7) is 0. The summed E-state index contributed by atoms with van der Waals surface area (Å²) in [5, 5.41) is 17.3. The molecule has 3 aromatic rings. The van der Waals surface area contributed by atoms with Crippen LogP contribution in [-0.4, -0.2) is 25.8 Å². The molecular weight excluding hydrogens is 298 g/mol. The van der Waals surface area contributed by atoms with Crippen molar-refractivity contribution in [3.05, 3.63) is 72.6 Å². The van der Waals surface area contributed by atoms with Gasteiger partial charge >= 0.3 is 5.97 Å². The molecule has 6 heteroatoms. The van der Waals surface area contributed by atoms with E-state index in [0.717, 1.165) is 11.3 Å². The standard InChI is InChI=1S/C16H13N3O2S/c20-15(21)14(12-7-3-1-4-8-12)22-16-18-17-11-19(16)13-9-5-2-6-10-13/h1-11,14H,(H,20,21)/t14-/m1/s1. The number of rotatable bonds is 5. The van der Waals surface area contributed by atoms with E-state index in [1.54, 1.807) is 23.0 Å². The van der Waals surface area contributed by atoms with Crippen molar-refractivity contribution >= 4 is 17.7 Å². The van der Waals surface area contributed by atoms with Gasteiger partial charge in [-0.3, -0.25) is 9.36 Å². The van der Waals surface area contributed by atoms with Gasteiger partial charge in [-0.05, 0) is 17.7 Å². The number of carboxylic acid groups (broad SMARTS) is 1. The minimum absolute atomic E-state index is 0.544. The van der Waals surface area contributed by atoms with Crippen molar-refractivity contribution in [3.8, 4) is 5.69 Å². The summed E-state index contributed by atoms with van der Waals surface area (Å²) < 4.78 is 1.78. The molecular formula is C16H13N3O2S. The summed E-state index contributed by atoms with van der Waals surface area (Å²) in [6, 6.07) is 18.7. The lowest BCUT2D eigenvalue weighted by Gasteiger charge is -2.12. The minimum atomic E-state index is -0.904. The number of aromatic nitrogens is 3. The van der Waals surface area contributed by atoms with Crippen LogP contribution >= 0.6 is 11.8 Å². The summed E-state index contributed by atoms with van der Waals surface area (Å²) in [4.78, 5) is 11.6. The van der Waals surface area contributed by atoms with Crippen LogP contribution in [0.25, 0.3) is 5.69 Å². The largest absolute Gasteiger partial charge is 0.480 e. The summed E-state index contributed by atoms with van der Waals surface area (Å²) in [5.41, 5.74) is 1.62. The van der Waals surface area contributed by atoms with Gasteiger partial charge in [0.15, 0.2) is 5.16 Å². The molecule has 1 atom stereocenters. The molecule has 5 nitrogen and oxygen atoms in total. The second-order valence-corrected chi connectivity index (χ2v) is 5.64. The van der Waals surface area contributed by atoms with Gasteiger partial charge in [-0.1, -0.05) is 60.3 Å². The van der Waals surface area contributed by atoms with Crippen LogP contribution in [0.2, 0.25) is 0 Å². The van der Waals surface area contributed by atoms with Gasteiger partial charge in [0.05, 0.1) is 0 Å². The maximum absolute atomic E-state index is 11.6. The third-order valence-electron chi connectivity index (χ3n) is 3.10. The molecule has 110 valence electrons. The van der Waals surface area contributed by atoms with Crippen molar-refractivity contribution < 1.29 is 9.90 Å². The molecule has 1 N–H and O–H groups in total. The summed E-state index contributed by atoms with van der Waals surface area (Å²) in [7, 11) is 0. The first kappa shape index (κ1) is 14.3. The molecule has 22 heavy (non-hydrogen) atoms. The van der Waals surface area contributed by atoms with Crippen molar-refractivity contribution in [2.45, 2.75) is 10.4 Å². The third kappa shape index (κ3) is 3.01. The molecule has 0 saturated heterocycles. The first-order valence-corrected chi connectivity index (χ1v) is 7.53. The topological polar surface area (TPSA) is 68.0 Å². The fourth-order valence-electron chi connectivity index (χ4n) is 2.06. The van der Waals surface area contributed by atoms with Crippen LogP contribution in [0.5, 0.6) is 0 Å². The van der Waals surface area contributed by atoms with Crippen LogP contribution in [0.3, 0.4) is 0 Å². The molecule has 0 fully saturated rings. The highest BCUT2D eigenvalue weighted by atomic mass is 32.2. The van der Waals surface area contributed by atoms with E-state index in [1.165, 1.54) is 11.8 Å². The highest BCUT2D eigenvalue weighted by molar-refractivity contribution is 8.00. The number of hydrogen-bond acceptors (Lipinski definition) is 4. The number of hydrogen-bond donors (Lipinski definition) is 1. The molecule has 0 spiro atoms. The van der Waals surface area contributed by atoms with Gasteiger partial charge in [0.2, 0.25) is 0 Å². The summed E-state index contributed by atoms with van der Waals surface area (Å²) >= 11 is 1.17. The van der Waals surface area contributed by atoms with Gasteiger partial charge in [-0.25, -0.2) is 0 Å². The molecule has 0 aliphatic heterocycles. The van der Waals surface area contributed by atoms with Crippen LogP contribution < -0.4 is 0 Å². The Hall–Kier alpha value is -2.60. The average Bonchev–Trinajstić information content (AvgIpc) is 3.02. The molecule has 2 aromatic carbocycles. The fraction of sp³-hybridized carbons (Fsp3) is 0.0625. The van der Waals surface area contributed by atoms with Crippen LogP contribution in [0.15, 0.2) is 72.1 Å². The monoisotopic (exact) mass is 311 g/mol. The SMILES string of the molecule is O=C(O)[C@H](Sc1nncn1-c1ccccc1)c1ccccc1. The summed E-state index contributed by atoms with van der Waals surface area (Å²) in [5.74, 6) is -0.904. The zero-order chi connectivity index (χ0) is 15.4. The highest BCUT2D eigenvalue weighted by Gasteiger charge is 2.24. The van der Waals surface area contributed by atoms with Crippen LogP contribution in [0.1, 0.15) is 10.8 Å². The van der Waals surface area contributed by atoms with E-state index in [9.17, 15) is 9.90 Å². The van der Waals surface area contributed by atoms with Crippen molar-refractivity contribution in [1.82, 2.24) is 14.8 Å². The van der Waals surface area contributed by atoms with Crippen molar-refractivity contribution in [1.29, 1.82) is 0 Å². The van der Waals surface area contributed by atoms with E-state index in [4.69, 9.17) is 0 Å². The Labute approximate surface area is 131 Å². The lowest BCUT2D eigenvalue weighted by Crippen LogP contribution is -2.09. The second-order valence-electron chi connectivity index (χ2n) is 4.57. The van der Waals surface area contributed by atoms with Crippen LogP contribution in [0, 0.1) is 0 Å². The molecule has 0 aliphatic rings. The second kappa shape index (κ2) is 6.44. The van der Waals surface area contributed by atoms with E-state index < -0.39 is 11.2 Å². The number of para-hydroxylation sites is 1. The predicted molar refractivity (Wildman–Crippen MR) is 84.0 cm³/mol. The van der Waals surface area contributed by atoms with Crippen LogP contribution in [0.4, 0.5) is 0 Å². The molecule has 3 rings (SSSR count). The maximum Gasteiger partial charge on any atom is 0.321 e. The Morgan fingerprint density at radius 3 is 2.32 bits per heavy atom. The number of thioether (sulfide) groups is 1. The Kier molecular flexibility index (Phi) is 4.20.